The van der Waals surface area contributed by atoms with Crippen LogP contribution in [0.15, 0.2) is 9.90 Å². The fourth-order valence-corrected chi connectivity index (χ4v) is 2.76. The predicted octanol–water partition coefficient (Wildman–Crippen LogP) is 2.51. The molecule has 5 nitrogen and oxygen atoms in total. The summed E-state index contributed by atoms with van der Waals surface area (Å²) in [7, 11) is 0. The number of thiazole rings is 1. The van der Waals surface area contributed by atoms with Gasteiger partial charge in [-0.3, -0.25) is 0 Å². The molecule has 104 valence electrons. The van der Waals surface area contributed by atoms with E-state index in [2.05, 4.69) is 29.0 Å². The quantitative estimate of drug-likeness (QED) is 0.879. The van der Waals surface area contributed by atoms with Gasteiger partial charge >= 0.3 is 0 Å². The molecular weight excluding hydrogens is 260 g/mol. The lowest BCUT2D eigenvalue weighted by Crippen LogP contribution is -2.15. The van der Waals surface area contributed by atoms with E-state index in [4.69, 9.17) is 10.3 Å². The lowest BCUT2D eigenvalue weighted by molar-refractivity contribution is 0.332. The summed E-state index contributed by atoms with van der Waals surface area (Å²) in [4.78, 5) is 8.85. The first-order valence-corrected chi connectivity index (χ1v) is 7.40. The van der Waals surface area contributed by atoms with Crippen LogP contribution in [0, 0.1) is 12.8 Å². The smallest absolute Gasteiger partial charge is 0.231 e. The van der Waals surface area contributed by atoms with Gasteiger partial charge in [-0.05, 0) is 19.3 Å². The number of nitrogens with zero attached hydrogens (tertiary/aromatic N) is 3. The minimum atomic E-state index is 0.152. The fourth-order valence-electron chi connectivity index (χ4n) is 1.99. The molecule has 2 aromatic heterocycles. The molecule has 0 saturated carbocycles. The largest absolute Gasteiger partial charge is 0.339 e. The Bertz CT molecular complexity index is 520. The third kappa shape index (κ3) is 3.84. The lowest BCUT2D eigenvalue weighted by atomic mass is 9.97. The van der Waals surface area contributed by atoms with Gasteiger partial charge in [0.15, 0.2) is 5.82 Å². The molecule has 0 amide bonds. The number of hydrogen-bond acceptors (Lipinski definition) is 6. The summed E-state index contributed by atoms with van der Waals surface area (Å²) in [6.07, 6.45) is 1.59. The zero-order valence-electron chi connectivity index (χ0n) is 11.6. The second-order valence-corrected chi connectivity index (χ2v) is 6.11. The van der Waals surface area contributed by atoms with Crippen LogP contribution in [0.25, 0.3) is 0 Å². The van der Waals surface area contributed by atoms with Crippen LogP contribution in [0.2, 0.25) is 0 Å². The van der Waals surface area contributed by atoms with Crippen LogP contribution >= 0.6 is 11.3 Å². The van der Waals surface area contributed by atoms with Crippen molar-refractivity contribution in [1.82, 2.24) is 15.1 Å². The maximum atomic E-state index is 5.78. The monoisotopic (exact) mass is 280 g/mol. The lowest BCUT2D eigenvalue weighted by Gasteiger charge is -2.11. The Morgan fingerprint density at radius 1 is 1.37 bits per heavy atom. The van der Waals surface area contributed by atoms with Gasteiger partial charge < -0.3 is 10.3 Å². The Kier molecular flexibility index (Phi) is 4.66. The molecule has 0 saturated heterocycles. The van der Waals surface area contributed by atoms with E-state index in [1.54, 1.807) is 11.3 Å². The standard InChI is InChI=1S/C13H20N4OS/c1-8(2)4-10(6-14)13-16-11(17-18-13)5-12-15-9(3)7-19-12/h7-8,10H,4-6,14H2,1-3H3. The third-order valence-electron chi connectivity index (χ3n) is 2.85. The van der Waals surface area contributed by atoms with E-state index in [-0.39, 0.29) is 5.92 Å². The molecule has 0 radical (unpaired) electrons. The van der Waals surface area contributed by atoms with Crippen molar-refractivity contribution in [2.24, 2.45) is 11.7 Å². The van der Waals surface area contributed by atoms with Crippen LogP contribution in [-0.4, -0.2) is 21.7 Å². The van der Waals surface area contributed by atoms with E-state index < -0.39 is 0 Å². The SMILES string of the molecule is Cc1csc(Cc2noc(C(CN)CC(C)C)n2)n1. The Labute approximate surface area is 117 Å². The van der Waals surface area contributed by atoms with Crippen LogP contribution in [0.5, 0.6) is 0 Å². The van der Waals surface area contributed by atoms with Gasteiger partial charge in [-0.25, -0.2) is 4.98 Å². The maximum absolute atomic E-state index is 5.78. The molecule has 0 aliphatic rings. The van der Waals surface area contributed by atoms with E-state index in [1.165, 1.54) is 0 Å². The second-order valence-electron chi connectivity index (χ2n) is 5.17. The van der Waals surface area contributed by atoms with E-state index in [1.807, 2.05) is 12.3 Å². The Morgan fingerprint density at radius 2 is 2.16 bits per heavy atom. The molecule has 2 aromatic rings. The minimum absolute atomic E-state index is 0.152. The van der Waals surface area contributed by atoms with Crippen LogP contribution < -0.4 is 5.73 Å². The fraction of sp³-hybridized carbons (Fsp3) is 0.615. The van der Waals surface area contributed by atoms with E-state index in [9.17, 15) is 0 Å². The number of nitrogens with two attached hydrogens (primary N) is 1. The molecule has 2 N–H and O–H groups in total. The molecule has 6 heteroatoms. The van der Waals surface area contributed by atoms with Gasteiger partial charge in [0.25, 0.3) is 0 Å². The third-order valence-corrected chi connectivity index (χ3v) is 3.82. The van der Waals surface area contributed by atoms with Gasteiger partial charge in [0, 0.05) is 17.6 Å². The van der Waals surface area contributed by atoms with Crippen molar-refractivity contribution in [3.8, 4) is 0 Å². The average Bonchev–Trinajstić information content (AvgIpc) is 2.96. The Balaban J connectivity index is 2.05. The second kappa shape index (κ2) is 6.25. The predicted molar refractivity (Wildman–Crippen MR) is 75.2 cm³/mol. The van der Waals surface area contributed by atoms with Crippen LogP contribution in [-0.2, 0) is 6.42 Å². The number of rotatable bonds is 6. The molecule has 0 aromatic carbocycles. The Hall–Kier alpha value is -1.27. The first kappa shape index (κ1) is 14.1. The van der Waals surface area contributed by atoms with E-state index in [0.29, 0.717) is 30.6 Å². The van der Waals surface area contributed by atoms with Crippen molar-refractivity contribution in [1.29, 1.82) is 0 Å². The number of aromatic nitrogens is 3. The summed E-state index contributed by atoms with van der Waals surface area (Å²) >= 11 is 1.62. The summed E-state index contributed by atoms with van der Waals surface area (Å²) < 4.78 is 5.33. The van der Waals surface area contributed by atoms with Gasteiger partial charge in [0.05, 0.1) is 12.3 Å². The highest BCUT2D eigenvalue weighted by Crippen LogP contribution is 2.22. The molecular formula is C13H20N4OS. The Morgan fingerprint density at radius 3 is 2.74 bits per heavy atom. The van der Waals surface area contributed by atoms with Gasteiger partial charge in [-0.2, -0.15) is 4.98 Å². The summed E-state index contributed by atoms with van der Waals surface area (Å²) in [6, 6.07) is 0. The molecule has 0 bridgehead atoms. The first-order valence-electron chi connectivity index (χ1n) is 6.52. The van der Waals surface area contributed by atoms with Crippen LogP contribution in [0.4, 0.5) is 0 Å². The highest BCUT2D eigenvalue weighted by molar-refractivity contribution is 7.09. The normalized spacial score (nSPS) is 13.1. The molecule has 0 spiro atoms. The first-order chi connectivity index (χ1) is 9.08. The van der Waals surface area contributed by atoms with Crippen molar-refractivity contribution >= 4 is 11.3 Å². The summed E-state index contributed by atoms with van der Waals surface area (Å²) in [5, 5.41) is 7.06. The van der Waals surface area contributed by atoms with Gasteiger partial charge in [-0.15, -0.1) is 11.3 Å². The average molecular weight is 280 g/mol. The molecule has 1 unspecified atom stereocenters. The molecule has 0 fully saturated rings. The molecule has 19 heavy (non-hydrogen) atoms. The van der Waals surface area contributed by atoms with Gasteiger partial charge in [-0.1, -0.05) is 19.0 Å². The highest BCUT2D eigenvalue weighted by Gasteiger charge is 2.19. The molecule has 0 aliphatic carbocycles. The topological polar surface area (TPSA) is 77.8 Å². The zero-order valence-corrected chi connectivity index (χ0v) is 12.4. The summed E-state index contributed by atoms with van der Waals surface area (Å²) in [5.74, 6) is 2.05. The van der Waals surface area contributed by atoms with Crippen molar-refractivity contribution in [2.45, 2.75) is 39.5 Å². The highest BCUT2D eigenvalue weighted by atomic mass is 32.1. The minimum Gasteiger partial charge on any atom is -0.339 e. The summed E-state index contributed by atoms with van der Waals surface area (Å²) in [6.45, 7) is 6.85. The van der Waals surface area contributed by atoms with Gasteiger partial charge in [0.1, 0.15) is 5.01 Å². The zero-order chi connectivity index (χ0) is 13.8. The number of aryl methyl sites for hydroxylation is 1. The molecule has 2 heterocycles. The van der Waals surface area contributed by atoms with E-state index in [0.717, 1.165) is 17.1 Å². The van der Waals surface area contributed by atoms with Gasteiger partial charge in [0.2, 0.25) is 5.89 Å². The van der Waals surface area contributed by atoms with Crippen LogP contribution in [0.1, 0.15) is 48.6 Å². The molecule has 2 rings (SSSR count). The van der Waals surface area contributed by atoms with Crippen molar-refractivity contribution in [3.63, 3.8) is 0 Å². The molecule has 0 aliphatic heterocycles. The maximum Gasteiger partial charge on any atom is 0.231 e. The van der Waals surface area contributed by atoms with E-state index >= 15 is 0 Å². The van der Waals surface area contributed by atoms with Crippen LogP contribution in [0.3, 0.4) is 0 Å². The van der Waals surface area contributed by atoms with Crippen molar-refractivity contribution < 1.29 is 4.52 Å². The van der Waals surface area contributed by atoms with Crippen molar-refractivity contribution in [3.05, 3.63) is 27.8 Å². The summed E-state index contributed by atoms with van der Waals surface area (Å²) in [5.41, 5.74) is 6.81. The molecule has 1 atom stereocenters. The van der Waals surface area contributed by atoms with Crippen molar-refractivity contribution in [2.75, 3.05) is 6.54 Å². The number of hydrogen-bond donors (Lipinski definition) is 1.